The van der Waals surface area contributed by atoms with Crippen molar-refractivity contribution in [1.82, 2.24) is 9.80 Å². The van der Waals surface area contributed by atoms with E-state index in [4.69, 9.17) is 23.2 Å². The summed E-state index contributed by atoms with van der Waals surface area (Å²) in [5.41, 5.74) is 3.50. The van der Waals surface area contributed by atoms with Gasteiger partial charge < -0.3 is 10.2 Å². The average molecular weight is 549 g/mol. The van der Waals surface area contributed by atoms with Crippen LogP contribution in [0.25, 0.3) is 0 Å². The van der Waals surface area contributed by atoms with Crippen LogP contribution in [0.3, 0.4) is 0 Å². The third-order valence-electron chi connectivity index (χ3n) is 6.75. The third-order valence-corrected chi connectivity index (χ3v) is 7.51. The second-order valence-corrected chi connectivity index (χ2v) is 10.1. The predicted octanol–water partition coefficient (Wildman–Crippen LogP) is 5.04. The molecule has 0 aromatic heterocycles. The quantitative estimate of drug-likeness (QED) is 0.437. The average Bonchev–Trinajstić information content (AvgIpc) is 3.14. The van der Waals surface area contributed by atoms with Crippen molar-refractivity contribution in [3.8, 4) is 0 Å². The molecule has 0 bridgehead atoms. The van der Waals surface area contributed by atoms with E-state index in [0.717, 1.165) is 30.1 Å². The van der Waals surface area contributed by atoms with E-state index in [9.17, 15) is 14.4 Å². The van der Waals surface area contributed by atoms with Crippen molar-refractivity contribution in [1.29, 1.82) is 0 Å². The SMILES string of the molecule is Cc1ccc(N2C(=O)C(Cl)=C(Nc3ccc(C(=O)N4CCN(Cc5ccccc5)CC4)cc3)C2=O)cc1Cl. The fraction of sp³-hybridized carbons (Fsp3) is 0.207. The van der Waals surface area contributed by atoms with Gasteiger partial charge in [0, 0.05) is 49.0 Å². The monoisotopic (exact) mass is 548 g/mol. The molecule has 3 aromatic carbocycles. The van der Waals surface area contributed by atoms with Crippen LogP contribution in [0.5, 0.6) is 0 Å². The van der Waals surface area contributed by atoms with Crippen molar-refractivity contribution < 1.29 is 14.4 Å². The number of amides is 3. The summed E-state index contributed by atoms with van der Waals surface area (Å²) < 4.78 is 0. The van der Waals surface area contributed by atoms with Crippen LogP contribution in [-0.4, -0.2) is 53.7 Å². The molecule has 2 heterocycles. The van der Waals surface area contributed by atoms with Gasteiger partial charge in [0.05, 0.1) is 5.69 Å². The summed E-state index contributed by atoms with van der Waals surface area (Å²) in [7, 11) is 0. The van der Waals surface area contributed by atoms with Gasteiger partial charge in [0.2, 0.25) is 0 Å². The largest absolute Gasteiger partial charge is 0.350 e. The molecule has 1 fully saturated rings. The summed E-state index contributed by atoms with van der Waals surface area (Å²) in [5, 5.41) is 3.18. The number of anilines is 2. The van der Waals surface area contributed by atoms with Crippen molar-refractivity contribution in [3.05, 3.63) is 105 Å². The Labute approximate surface area is 231 Å². The fourth-order valence-corrected chi connectivity index (χ4v) is 4.93. The molecule has 0 spiro atoms. The van der Waals surface area contributed by atoms with Crippen LogP contribution < -0.4 is 10.2 Å². The lowest BCUT2D eigenvalue weighted by atomic mass is 10.1. The summed E-state index contributed by atoms with van der Waals surface area (Å²) in [4.78, 5) is 44.0. The van der Waals surface area contributed by atoms with Crippen molar-refractivity contribution in [2.45, 2.75) is 13.5 Å². The van der Waals surface area contributed by atoms with E-state index in [1.54, 1.807) is 42.5 Å². The number of carbonyl (C=O) groups excluding carboxylic acids is 3. The number of halogens is 2. The first-order valence-corrected chi connectivity index (χ1v) is 13.0. The molecule has 194 valence electrons. The van der Waals surface area contributed by atoms with Gasteiger partial charge in [-0.2, -0.15) is 0 Å². The van der Waals surface area contributed by atoms with Crippen LogP contribution in [0.2, 0.25) is 5.02 Å². The molecule has 1 N–H and O–H groups in total. The highest BCUT2D eigenvalue weighted by molar-refractivity contribution is 6.53. The Hall–Kier alpha value is -3.65. The molecule has 0 atom stereocenters. The fourth-order valence-electron chi connectivity index (χ4n) is 4.54. The maximum Gasteiger partial charge on any atom is 0.283 e. The second kappa shape index (κ2) is 11.0. The molecule has 7 nitrogen and oxygen atoms in total. The summed E-state index contributed by atoms with van der Waals surface area (Å²) in [6.45, 7) is 5.64. The normalized spacial score (nSPS) is 16.4. The second-order valence-electron chi connectivity index (χ2n) is 9.32. The lowest BCUT2D eigenvalue weighted by molar-refractivity contribution is -0.120. The molecular formula is C29H26Cl2N4O3. The molecule has 3 amide bonds. The minimum Gasteiger partial charge on any atom is -0.350 e. The van der Waals surface area contributed by atoms with Crippen LogP contribution in [0.1, 0.15) is 21.5 Å². The van der Waals surface area contributed by atoms with E-state index in [1.807, 2.05) is 30.0 Å². The smallest absolute Gasteiger partial charge is 0.283 e. The first-order valence-electron chi connectivity index (χ1n) is 12.3. The lowest BCUT2D eigenvalue weighted by Gasteiger charge is -2.34. The van der Waals surface area contributed by atoms with E-state index in [2.05, 4.69) is 22.3 Å². The summed E-state index contributed by atoms with van der Waals surface area (Å²) >= 11 is 12.4. The van der Waals surface area contributed by atoms with Crippen molar-refractivity contribution >= 4 is 52.3 Å². The molecule has 3 aromatic rings. The van der Waals surface area contributed by atoms with Crippen LogP contribution in [0.4, 0.5) is 11.4 Å². The maximum absolute atomic E-state index is 13.1. The van der Waals surface area contributed by atoms with Gasteiger partial charge >= 0.3 is 0 Å². The van der Waals surface area contributed by atoms with Crippen LogP contribution in [0, 0.1) is 6.92 Å². The van der Waals surface area contributed by atoms with Crippen molar-refractivity contribution in [3.63, 3.8) is 0 Å². The Morgan fingerprint density at radius 1 is 0.868 bits per heavy atom. The zero-order valence-electron chi connectivity index (χ0n) is 20.8. The highest BCUT2D eigenvalue weighted by Gasteiger charge is 2.39. The summed E-state index contributed by atoms with van der Waals surface area (Å²) in [6, 6.07) is 22.0. The molecule has 1 saturated heterocycles. The van der Waals surface area contributed by atoms with E-state index in [0.29, 0.717) is 35.1 Å². The number of nitrogens with zero attached hydrogens (tertiary/aromatic N) is 3. The van der Waals surface area contributed by atoms with Gasteiger partial charge in [-0.05, 0) is 54.4 Å². The van der Waals surface area contributed by atoms with Crippen LogP contribution in [0.15, 0.2) is 83.5 Å². The highest BCUT2D eigenvalue weighted by atomic mass is 35.5. The minimum atomic E-state index is -0.628. The first kappa shape index (κ1) is 26.0. The Balaban J connectivity index is 1.20. The number of benzene rings is 3. The molecule has 2 aliphatic rings. The number of hydrogen-bond donors (Lipinski definition) is 1. The standard InChI is InChI=1S/C29H26Cl2N4O3/c1-19-7-12-23(17-24(19)30)35-28(37)25(31)26(29(35)38)32-22-10-8-21(9-11-22)27(36)34-15-13-33(14-16-34)18-20-5-3-2-4-6-20/h2-12,17,32H,13-16,18H2,1H3. The maximum atomic E-state index is 13.1. The van der Waals surface area contributed by atoms with Gasteiger partial charge in [-0.1, -0.05) is 59.6 Å². The Bertz CT molecular complexity index is 1420. The molecule has 0 saturated carbocycles. The van der Waals surface area contributed by atoms with Gasteiger partial charge in [-0.15, -0.1) is 0 Å². The van der Waals surface area contributed by atoms with Gasteiger partial charge in [0.25, 0.3) is 17.7 Å². The molecule has 2 aliphatic heterocycles. The lowest BCUT2D eigenvalue weighted by Crippen LogP contribution is -2.48. The summed E-state index contributed by atoms with van der Waals surface area (Å²) in [6.07, 6.45) is 0. The number of aryl methyl sites for hydroxylation is 1. The Kier molecular flexibility index (Phi) is 7.51. The summed E-state index contributed by atoms with van der Waals surface area (Å²) in [5.74, 6) is -1.24. The Morgan fingerprint density at radius 3 is 2.21 bits per heavy atom. The molecule has 5 rings (SSSR count). The third kappa shape index (κ3) is 5.31. The van der Waals surface area contributed by atoms with E-state index in [-0.39, 0.29) is 16.6 Å². The highest BCUT2D eigenvalue weighted by Crippen LogP contribution is 2.32. The van der Waals surface area contributed by atoms with Crippen molar-refractivity contribution in [2.75, 3.05) is 36.4 Å². The van der Waals surface area contributed by atoms with Gasteiger partial charge in [0.15, 0.2) is 0 Å². The molecule has 9 heteroatoms. The van der Waals surface area contributed by atoms with E-state index >= 15 is 0 Å². The number of nitrogens with one attached hydrogen (secondary N) is 1. The number of carbonyl (C=O) groups is 3. The van der Waals surface area contributed by atoms with Crippen LogP contribution >= 0.6 is 23.2 Å². The van der Waals surface area contributed by atoms with Gasteiger partial charge in [0.1, 0.15) is 10.7 Å². The molecule has 38 heavy (non-hydrogen) atoms. The molecular weight excluding hydrogens is 523 g/mol. The predicted molar refractivity (Wildman–Crippen MR) is 149 cm³/mol. The number of imide groups is 1. The number of piperazine rings is 1. The molecule has 0 radical (unpaired) electrons. The van der Waals surface area contributed by atoms with Gasteiger partial charge in [-0.25, -0.2) is 4.90 Å². The zero-order chi connectivity index (χ0) is 26.8. The first-order chi connectivity index (χ1) is 18.3. The molecule has 0 aliphatic carbocycles. The number of hydrogen-bond acceptors (Lipinski definition) is 5. The number of rotatable bonds is 6. The van der Waals surface area contributed by atoms with Crippen molar-refractivity contribution in [2.24, 2.45) is 0 Å². The minimum absolute atomic E-state index is 0.0259. The molecule has 0 unspecified atom stereocenters. The topological polar surface area (TPSA) is 73.0 Å². The Morgan fingerprint density at radius 2 is 1.55 bits per heavy atom. The zero-order valence-corrected chi connectivity index (χ0v) is 22.3. The van der Waals surface area contributed by atoms with Gasteiger partial charge in [-0.3, -0.25) is 19.3 Å². The van der Waals surface area contributed by atoms with E-state index < -0.39 is 11.8 Å². The van der Waals surface area contributed by atoms with E-state index in [1.165, 1.54) is 5.56 Å². The van der Waals surface area contributed by atoms with Crippen LogP contribution in [-0.2, 0) is 16.1 Å².